The largest absolute Gasteiger partial charge is 0.491 e. The molecule has 3 N–H and O–H groups in total. The zero-order valence-electron chi connectivity index (χ0n) is 32.8. The van der Waals surface area contributed by atoms with Gasteiger partial charge in [-0.2, -0.15) is 0 Å². The molecule has 10 heteroatoms. The maximum absolute atomic E-state index is 13.7. The van der Waals surface area contributed by atoms with E-state index in [0.717, 1.165) is 31.2 Å². The zero-order valence-corrected chi connectivity index (χ0v) is 32.8. The van der Waals surface area contributed by atoms with E-state index >= 15 is 0 Å². The van der Waals surface area contributed by atoms with E-state index in [0.29, 0.717) is 90.2 Å². The highest BCUT2D eigenvalue weighted by Gasteiger charge is 2.22. The standard InChI is InChI=1S/C43H59N3O7/c1-27(2)24-50-19-20-51-38-21-32(12-11-31(38)8)42(48)45-37-18-14-34(23-40(37)53-26-29(5)6)43(49)46-36-17-13-33(22-39(36)52-25-28(3)4)41(47)44-35-15-9-30(7)10-16-35/h11-14,17-18,21-23,27-30,35H,9-10,15-16,19-20,24-26H2,1-8H3,(H,44,47)(H,45,48)(H,46,49)/t30-,35-. The van der Waals surface area contributed by atoms with Gasteiger partial charge in [-0.15, -0.1) is 0 Å². The summed E-state index contributed by atoms with van der Waals surface area (Å²) in [7, 11) is 0. The van der Waals surface area contributed by atoms with E-state index in [1.807, 2.05) is 40.7 Å². The Labute approximate surface area is 315 Å². The molecule has 0 aromatic heterocycles. The van der Waals surface area contributed by atoms with Crippen molar-refractivity contribution in [3.8, 4) is 17.2 Å². The third-order valence-electron chi connectivity index (χ3n) is 8.87. The predicted molar refractivity (Wildman–Crippen MR) is 211 cm³/mol. The molecule has 1 aliphatic rings. The highest BCUT2D eigenvalue weighted by Crippen LogP contribution is 2.31. The minimum absolute atomic E-state index is 0.150. The lowest BCUT2D eigenvalue weighted by atomic mass is 9.87. The van der Waals surface area contributed by atoms with Gasteiger partial charge in [0.2, 0.25) is 0 Å². The van der Waals surface area contributed by atoms with Crippen molar-refractivity contribution in [2.75, 3.05) is 43.7 Å². The number of carbonyl (C=O) groups is 3. The Morgan fingerprint density at radius 1 is 0.604 bits per heavy atom. The SMILES string of the molecule is Cc1ccc(C(=O)Nc2ccc(C(=O)Nc3ccc(C(=O)N[C@H]4CC[C@H](C)CC4)cc3OCC(C)C)cc2OCC(C)C)cc1OCCOCC(C)C. The topological polar surface area (TPSA) is 124 Å². The Kier molecular flexibility index (Phi) is 15.6. The lowest BCUT2D eigenvalue weighted by Crippen LogP contribution is -2.37. The van der Waals surface area contributed by atoms with E-state index < -0.39 is 5.91 Å². The normalized spacial score (nSPS) is 15.7. The van der Waals surface area contributed by atoms with E-state index in [1.54, 1.807) is 48.5 Å². The quantitative estimate of drug-likeness (QED) is 0.112. The highest BCUT2D eigenvalue weighted by atomic mass is 16.5. The number of hydrogen-bond donors (Lipinski definition) is 3. The predicted octanol–water partition coefficient (Wildman–Crippen LogP) is 8.93. The van der Waals surface area contributed by atoms with Crippen LogP contribution in [0.1, 0.15) is 111 Å². The minimum atomic E-state index is -0.391. The van der Waals surface area contributed by atoms with Crippen LogP contribution in [0.25, 0.3) is 0 Å². The van der Waals surface area contributed by atoms with Crippen molar-refractivity contribution in [3.63, 3.8) is 0 Å². The Bertz CT molecular complexity index is 1680. The summed E-state index contributed by atoms with van der Waals surface area (Å²) in [5.41, 5.74) is 3.02. The number of anilines is 2. The average Bonchev–Trinajstić information content (AvgIpc) is 3.11. The summed E-state index contributed by atoms with van der Waals surface area (Å²) in [4.78, 5) is 40.3. The molecular weight excluding hydrogens is 670 g/mol. The monoisotopic (exact) mass is 729 g/mol. The van der Waals surface area contributed by atoms with Gasteiger partial charge < -0.3 is 34.9 Å². The summed E-state index contributed by atoms with van der Waals surface area (Å²) >= 11 is 0. The first-order valence-electron chi connectivity index (χ1n) is 19.1. The second-order valence-corrected chi connectivity index (χ2v) is 15.5. The Morgan fingerprint density at radius 2 is 1.08 bits per heavy atom. The van der Waals surface area contributed by atoms with Gasteiger partial charge in [0, 0.05) is 29.3 Å². The molecule has 1 fully saturated rings. The highest BCUT2D eigenvalue weighted by molar-refractivity contribution is 6.08. The van der Waals surface area contributed by atoms with Gasteiger partial charge in [-0.25, -0.2) is 0 Å². The number of aryl methyl sites for hydroxylation is 1. The number of amides is 3. The van der Waals surface area contributed by atoms with Crippen molar-refractivity contribution in [1.29, 1.82) is 0 Å². The first-order chi connectivity index (χ1) is 25.3. The van der Waals surface area contributed by atoms with Crippen molar-refractivity contribution in [2.24, 2.45) is 23.7 Å². The molecule has 3 aromatic carbocycles. The molecule has 0 unspecified atom stereocenters. The van der Waals surface area contributed by atoms with Crippen molar-refractivity contribution in [1.82, 2.24) is 5.32 Å². The van der Waals surface area contributed by atoms with Crippen LogP contribution in [-0.2, 0) is 4.74 Å². The first-order valence-corrected chi connectivity index (χ1v) is 19.1. The van der Waals surface area contributed by atoms with Crippen LogP contribution < -0.4 is 30.2 Å². The van der Waals surface area contributed by atoms with E-state index in [-0.39, 0.29) is 29.7 Å². The van der Waals surface area contributed by atoms with Gasteiger partial charge in [0.1, 0.15) is 23.9 Å². The van der Waals surface area contributed by atoms with Crippen molar-refractivity contribution in [3.05, 3.63) is 76.9 Å². The van der Waals surface area contributed by atoms with Crippen LogP contribution in [0, 0.1) is 30.6 Å². The second-order valence-electron chi connectivity index (χ2n) is 15.5. The third-order valence-corrected chi connectivity index (χ3v) is 8.87. The fourth-order valence-electron chi connectivity index (χ4n) is 5.77. The van der Waals surface area contributed by atoms with Gasteiger partial charge in [0.15, 0.2) is 0 Å². The molecule has 0 radical (unpaired) electrons. The molecule has 0 bridgehead atoms. The molecule has 288 valence electrons. The lowest BCUT2D eigenvalue weighted by Gasteiger charge is -2.27. The number of rotatable bonds is 18. The number of benzene rings is 3. The van der Waals surface area contributed by atoms with Crippen molar-refractivity contribution in [2.45, 2.75) is 87.1 Å². The number of nitrogens with one attached hydrogen (secondary N) is 3. The first kappa shape index (κ1) is 41.2. The van der Waals surface area contributed by atoms with E-state index in [2.05, 4.69) is 36.7 Å². The van der Waals surface area contributed by atoms with Crippen molar-refractivity contribution < 1.29 is 33.3 Å². The summed E-state index contributed by atoms with van der Waals surface area (Å²) in [5.74, 6) is 2.08. The summed E-state index contributed by atoms with van der Waals surface area (Å²) in [6, 6.07) is 15.5. The third kappa shape index (κ3) is 13.1. The van der Waals surface area contributed by atoms with Crippen LogP contribution in [0.15, 0.2) is 54.6 Å². The Balaban J connectivity index is 1.49. The number of carbonyl (C=O) groups excluding carboxylic acids is 3. The van der Waals surface area contributed by atoms with Gasteiger partial charge in [0.05, 0.1) is 31.2 Å². The fraction of sp³-hybridized carbons (Fsp3) is 0.512. The molecule has 1 aliphatic carbocycles. The van der Waals surface area contributed by atoms with Gasteiger partial charge in [-0.1, -0.05) is 54.5 Å². The zero-order chi connectivity index (χ0) is 38.5. The second kappa shape index (κ2) is 20.0. The molecule has 0 saturated heterocycles. The van der Waals surface area contributed by atoms with Gasteiger partial charge in [0.25, 0.3) is 17.7 Å². The molecule has 0 spiro atoms. The lowest BCUT2D eigenvalue weighted by molar-refractivity contribution is 0.0816. The minimum Gasteiger partial charge on any atom is -0.491 e. The van der Waals surface area contributed by atoms with Crippen LogP contribution in [0.3, 0.4) is 0 Å². The van der Waals surface area contributed by atoms with Gasteiger partial charge in [-0.05, 0) is 110 Å². The van der Waals surface area contributed by atoms with Crippen LogP contribution in [-0.4, -0.2) is 56.8 Å². The van der Waals surface area contributed by atoms with Crippen molar-refractivity contribution >= 4 is 29.1 Å². The molecule has 3 amide bonds. The summed E-state index contributed by atoms with van der Waals surface area (Å²) in [6.07, 6.45) is 4.16. The Morgan fingerprint density at radius 3 is 1.58 bits per heavy atom. The van der Waals surface area contributed by atoms with Gasteiger partial charge in [-0.3, -0.25) is 14.4 Å². The molecule has 10 nitrogen and oxygen atoms in total. The molecule has 1 saturated carbocycles. The molecule has 0 atom stereocenters. The summed E-state index contributed by atoms with van der Waals surface area (Å²) in [6.45, 7) is 18.8. The van der Waals surface area contributed by atoms with E-state index in [1.165, 1.54) is 0 Å². The van der Waals surface area contributed by atoms with Crippen LogP contribution >= 0.6 is 0 Å². The van der Waals surface area contributed by atoms with Crippen LogP contribution in [0.5, 0.6) is 17.2 Å². The fourth-order valence-corrected chi connectivity index (χ4v) is 5.77. The average molecular weight is 730 g/mol. The molecule has 0 heterocycles. The maximum atomic E-state index is 13.7. The smallest absolute Gasteiger partial charge is 0.255 e. The molecule has 0 aliphatic heterocycles. The molecule has 4 rings (SSSR count). The van der Waals surface area contributed by atoms with E-state index in [4.69, 9.17) is 18.9 Å². The molecule has 3 aromatic rings. The summed E-state index contributed by atoms with van der Waals surface area (Å²) < 4.78 is 23.8. The molecular formula is C43H59N3O7. The van der Waals surface area contributed by atoms with Crippen LogP contribution in [0.4, 0.5) is 11.4 Å². The Hall–Kier alpha value is -4.57. The summed E-state index contributed by atoms with van der Waals surface area (Å²) in [5, 5.41) is 9.09. The number of hydrogen-bond acceptors (Lipinski definition) is 7. The number of ether oxygens (including phenoxy) is 4. The maximum Gasteiger partial charge on any atom is 0.255 e. The van der Waals surface area contributed by atoms with Crippen LogP contribution in [0.2, 0.25) is 0 Å². The van der Waals surface area contributed by atoms with Gasteiger partial charge >= 0.3 is 0 Å². The molecule has 53 heavy (non-hydrogen) atoms. The van der Waals surface area contributed by atoms with E-state index in [9.17, 15) is 14.4 Å².